The lowest BCUT2D eigenvalue weighted by atomic mass is 10.1. The van der Waals surface area contributed by atoms with Crippen molar-refractivity contribution in [1.82, 2.24) is 4.98 Å². The third-order valence-corrected chi connectivity index (χ3v) is 1.80. The van der Waals surface area contributed by atoms with Gasteiger partial charge in [-0.1, -0.05) is 0 Å². The van der Waals surface area contributed by atoms with Crippen LogP contribution in [0.25, 0.3) is 0 Å². The van der Waals surface area contributed by atoms with Crippen LogP contribution in [0, 0.1) is 5.82 Å². The van der Waals surface area contributed by atoms with Gasteiger partial charge < -0.3 is 4.74 Å². The number of pyridine rings is 1. The Balaban J connectivity index is 2.92. The lowest BCUT2D eigenvalue weighted by Gasteiger charge is -2.01. The summed E-state index contributed by atoms with van der Waals surface area (Å²) >= 11 is 0. The number of Topliss-reactive ketones (excluding diaryl/α,β-unsaturated/α-hetero) is 1. The average molecular weight is 225 g/mol. The first-order valence-electron chi connectivity index (χ1n) is 4.29. The summed E-state index contributed by atoms with van der Waals surface area (Å²) in [5.41, 5.74) is -0.455. The van der Waals surface area contributed by atoms with E-state index in [4.69, 9.17) is 0 Å². The maximum absolute atomic E-state index is 13.2. The number of aromatic nitrogens is 1. The number of esters is 1. The van der Waals surface area contributed by atoms with Crippen LogP contribution in [0.4, 0.5) is 4.39 Å². The number of carbonyl (C=O) groups excluding carboxylic acids is 3. The first-order valence-corrected chi connectivity index (χ1v) is 4.29. The zero-order valence-electron chi connectivity index (χ0n) is 8.40. The van der Waals surface area contributed by atoms with Gasteiger partial charge in [-0.05, 0) is 6.07 Å². The molecule has 0 fully saturated rings. The van der Waals surface area contributed by atoms with Crippen LogP contribution in [0.15, 0.2) is 12.3 Å². The van der Waals surface area contributed by atoms with Crippen molar-refractivity contribution >= 4 is 18.0 Å². The molecule has 84 valence electrons. The molecule has 1 aromatic rings. The molecule has 16 heavy (non-hydrogen) atoms. The Bertz CT molecular complexity index is 444. The molecule has 0 saturated carbocycles. The van der Waals surface area contributed by atoms with E-state index in [1.54, 1.807) is 0 Å². The van der Waals surface area contributed by atoms with Gasteiger partial charge in [-0.2, -0.15) is 0 Å². The van der Waals surface area contributed by atoms with Gasteiger partial charge in [-0.3, -0.25) is 14.4 Å². The maximum atomic E-state index is 13.2. The highest BCUT2D eigenvalue weighted by Crippen LogP contribution is 2.08. The number of hydrogen-bond acceptors (Lipinski definition) is 5. The minimum atomic E-state index is -0.932. The Kier molecular flexibility index (Phi) is 3.82. The van der Waals surface area contributed by atoms with Gasteiger partial charge in [0.15, 0.2) is 17.9 Å². The predicted octanol–water partition coefficient (Wildman–Crippen LogP) is 0.779. The number of ketones is 1. The highest BCUT2D eigenvalue weighted by molar-refractivity contribution is 6.05. The highest BCUT2D eigenvalue weighted by atomic mass is 19.1. The van der Waals surface area contributed by atoms with E-state index in [0.717, 1.165) is 19.4 Å². The molecule has 0 aliphatic rings. The Labute approximate surface area is 90.2 Å². The van der Waals surface area contributed by atoms with Crippen LogP contribution in [0.5, 0.6) is 0 Å². The minimum Gasteiger partial charge on any atom is -0.469 e. The van der Waals surface area contributed by atoms with Crippen molar-refractivity contribution in [3.05, 3.63) is 29.3 Å². The maximum Gasteiger partial charge on any atom is 0.313 e. The fraction of sp³-hybridized carbons (Fsp3) is 0.200. The van der Waals surface area contributed by atoms with E-state index in [0.29, 0.717) is 6.29 Å². The second kappa shape index (κ2) is 5.11. The minimum absolute atomic E-state index is 0.0205. The molecule has 0 bridgehead atoms. The molecule has 0 N–H and O–H groups in total. The zero-order valence-corrected chi connectivity index (χ0v) is 8.40. The van der Waals surface area contributed by atoms with Crippen molar-refractivity contribution in [2.24, 2.45) is 0 Å². The van der Waals surface area contributed by atoms with E-state index in [1.165, 1.54) is 0 Å². The first kappa shape index (κ1) is 12.0. The fourth-order valence-electron chi connectivity index (χ4n) is 1.01. The van der Waals surface area contributed by atoms with Crippen LogP contribution >= 0.6 is 0 Å². The molecule has 0 aliphatic heterocycles. The quantitative estimate of drug-likeness (QED) is 0.327. The van der Waals surface area contributed by atoms with Gasteiger partial charge in [0, 0.05) is 11.8 Å². The van der Waals surface area contributed by atoms with E-state index in [-0.39, 0.29) is 5.56 Å². The smallest absolute Gasteiger partial charge is 0.313 e. The number of carbonyl (C=O) groups is 3. The third kappa shape index (κ3) is 2.69. The number of ether oxygens (including phenoxy) is 1. The van der Waals surface area contributed by atoms with Crippen molar-refractivity contribution in [2.45, 2.75) is 6.42 Å². The lowest BCUT2D eigenvalue weighted by Crippen LogP contribution is -2.13. The summed E-state index contributed by atoms with van der Waals surface area (Å²) in [7, 11) is 1.12. The number of nitrogens with zero attached hydrogens (tertiary/aromatic N) is 1. The van der Waals surface area contributed by atoms with E-state index in [9.17, 15) is 18.8 Å². The van der Waals surface area contributed by atoms with Gasteiger partial charge in [0.2, 0.25) is 0 Å². The molecule has 1 heterocycles. The summed E-state index contributed by atoms with van der Waals surface area (Å²) < 4.78 is 17.5. The summed E-state index contributed by atoms with van der Waals surface area (Å²) in [5, 5.41) is 0. The largest absolute Gasteiger partial charge is 0.469 e. The molecule has 0 amide bonds. The van der Waals surface area contributed by atoms with Gasteiger partial charge in [-0.25, -0.2) is 9.37 Å². The number of aldehydes is 1. The second-order valence-corrected chi connectivity index (χ2v) is 2.89. The molecular weight excluding hydrogens is 217 g/mol. The Hall–Kier alpha value is -2.11. The van der Waals surface area contributed by atoms with Crippen molar-refractivity contribution in [3.8, 4) is 0 Å². The van der Waals surface area contributed by atoms with Crippen molar-refractivity contribution in [3.63, 3.8) is 0 Å². The van der Waals surface area contributed by atoms with E-state index >= 15 is 0 Å². The standard InChI is InChI=1S/C10H8FNO4/c1-16-9(15)3-8(14)10-7(11)2-6(5-13)4-12-10/h2,4-5H,3H2,1H3. The molecule has 0 aliphatic carbocycles. The second-order valence-electron chi connectivity index (χ2n) is 2.89. The van der Waals surface area contributed by atoms with Gasteiger partial charge in [0.1, 0.15) is 12.1 Å². The molecule has 0 radical (unpaired) electrons. The van der Waals surface area contributed by atoms with Crippen LogP contribution in [0.1, 0.15) is 27.3 Å². The van der Waals surface area contributed by atoms with Crippen LogP contribution in [-0.4, -0.2) is 30.1 Å². The van der Waals surface area contributed by atoms with Crippen LogP contribution in [0.2, 0.25) is 0 Å². The topological polar surface area (TPSA) is 73.3 Å². The van der Waals surface area contributed by atoms with Gasteiger partial charge in [0.05, 0.1) is 7.11 Å². The predicted molar refractivity (Wildman–Crippen MR) is 50.5 cm³/mol. The summed E-state index contributed by atoms with van der Waals surface area (Å²) in [5.74, 6) is -2.49. The zero-order chi connectivity index (χ0) is 12.1. The fourth-order valence-corrected chi connectivity index (χ4v) is 1.01. The Morgan fingerprint density at radius 3 is 2.75 bits per heavy atom. The van der Waals surface area contributed by atoms with E-state index < -0.39 is 29.7 Å². The molecule has 1 aromatic heterocycles. The molecule has 6 heteroatoms. The monoisotopic (exact) mass is 225 g/mol. The summed E-state index contributed by atoms with van der Waals surface area (Å²) in [6, 6.07) is 0.879. The number of halogens is 1. The van der Waals surface area contributed by atoms with E-state index in [2.05, 4.69) is 9.72 Å². The van der Waals surface area contributed by atoms with Crippen molar-refractivity contribution in [2.75, 3.05) is 7.11 Å². The Morgan fingerprint density at radius 2 is 2.25 bits per heavy atom. The first-order chi connectivity index (χ1) is 7.58. The average Bonchev–Trinajstić information content (AvgIpc) is 2.28. The van der Waals surface area contributed by atoms with Crippen LogP contribution in [-0.2, 0) is 9.53 Å². The summed E-state index contributed by atoms with van der Waals surface area (Å²) in [6.45, 7) is 0. The number of methoxy groups -OCH3 is 1. The third-order valence-electron chi connectivity index (χ3n) is 1.80. The van der Waals surface area contributed by atoms with E-state index in [1.807, 2.05) is 0 Å². The summed E-state index contributed by atoms with van der Waals surface area (Å²) in [6.07, 6.45) is 0.881. The van der Waals surface area contributed by atoms with Gasteiger partial charge in [-0.15, -0.1) is 0 Å². The van der Waals surface area contributed by atoms with Gasteiger partial charge in [0.25, 0.3) is 0 Å². The van der Waals surface area contributed by atoms with Crippen molar-refractivity contribution < 1.29 is 23.5 Å². The molecule has 0 unspecified atom stereocenters. The molecule has 0 aromatic carbocycles. The normalized spacial score (nSPS) is 9.62. The molecule has 0 atom stereocenters. The number of hydrogen-bond donors (Lipinski definition) is 0. The summed E-state index contributed by atoms with van der Waals surface area (Å²) in [4.78, 5) is 35.9. The lowest BCUT2D eigenvalue weighted by molar-refractivity contribution is -0.139. The Morgan fingerprint density at radius 1 is 1.56 bits per heavy atom. The van der Waals surface area contributed by atoms with Crippen LogP contribution in [0.3, 0.4) is 0 Å². The highest BCUT2D eigenvalue weighted by Gasteiger charge is 2.17. The molecule has 0 spiro atoms. The molecule has 1 rings (SSSR count). The van der Waals surface area contributed by atoms with Crippen molar-refractivity contribution in [1.29, 1.82) is 0 Å². The van der Waals surface area contributed by atoms with Gasteiger partial charge >= 0.3 is 5.97 Å². The molecule has 0 saturated heterocycles. The van der Waals surface area contributed by atoms with Crippen LogP contribution < -0.4 is 0 Å². The number of rotatable bonds is 4. The SMILES string of the molecule is COC(=O)CC(=O)c1ncc(C=O)cc1F. The molecule has 5 nitrogen and oxygen atoms in total. The molecular formula is C10H8FNO4.